The van der Waals surface area contributed by atoms with E-state index in [1.165, 1.54) is 13.5 Å². The van der Waals surface area contributed by atoms with Crippen molar-refractivity contribution in [2.45, 2.75) is 92.3 Å². The van der Waals surface area contributed by atoms with E-state index in [0.29, 0.717) is 30.3 Å². The summed E-state index contributed by atoms with van der Waals surface area (Å²) in [6, 6.07) is 10.1. The molecule has 35 heavy (non-hydrogen) atoms. The molecular weight excluding hydrogens is 438 g/mol. The molecule has 0 radical (unpaired) electrons. The van der Waals surface area contributed by atoms with Gasteiger partial charge in [0.05, 0.1) is 13.0 Å². The van der Waals surface area contributed by atoms with Gasteiger partial charge in [-0.05, 0) is 75.7 Å². The highest BCUT2D eigenvalue weighted by Crippen LogP contribution is 2.40. The number of carbonyl (C=O) groups is 1. The Kier molecular flexibility index (Phi) is 11.3. The highest BCUT2D eigenvalue weighted by atomic mass is 16.6. The normalized spacial score (nSPS) is 19.2. The van der Waals surface area contributed by atoms with Gasteiger partial charge >= 0.3 is 5.97 Å². The molecule has 1 aliphatic rings. The van der Waals surface area contributed by atoms with Gasteiger partial charge in [0.15, 0.2) is 0 Å². The standard InChI is InChI=1S/C30H45NO4/c1-29(2,3)21-25-18-24(19-25)15-16-27(31-33-7)26(20-28(32)35-30(4,5)6)14-11-17-34-22-23-12-9-8-10-13-23/h8-10,12-13,24-26H,11,14,17-22H2,1-7H3/b31-27+. The minimum atomic E-state index is -0.529. The molecule has 0 N–H and O–H groups in total. The van der Waals surface area contributed by atoms with Crippen molar-refractivity contribution in [3.05, 3.63) is 35.9 Å². The van der Waals surface area contributed by atoms with Crippen LogP contribution in [0.2, 0.25) is 0 Å². The fourth-order valence-electron chi connectivity index (χ4n) is 4.48. The van der Waals surface area contributed by atoms with Crippen LogP contribution in [-0.2, 0) is 25.7 Å². The van der Waals surface area contributed by atoms with Crippen LogP contribution in [-0.4, -0.2) is 31.0 Å². The van der Waals surface area contributed by atoms with Gasteiger partial charge in [0.25, 0.3) is 0 Å². The van der Waals surface area contributed by atoms with Crippen LogP contribution in [0.1, 0.15) is 85.6 Å². The third-order valence-corrected chi connectivity index (χ3v) is 5.90. The largest absolute Gasteiger partial charge is 0.460 e. The van der Waals surface area contributed by atoms with Crippen molar-refractivity contribution in [3.63, 3.8) is 0 Å². The lowest BCUT2D eigenvalue weighted by atomic mass is 9.68. The SMILES string of the molecule is CO/N=C(\C#CC1CC(CC(C)(C)C)C1)C(CCCOCc1ccccc1)CC(=O)OC(C)(C)C. The maximum absolute atomic E-state index is 12.6. The number of ether oxygens (including phenoxy) is 2. The van der Waals surface area contributed by atoms with Crippen LogP contribution >= 0.6 is 0 Å². The maximum Gasteiger partial charge on any atom is 0.307 e. The van der Waals surface area contributed by atoms with Gasteiger partial charge in [0, 0.05) is 18.4 Å². The molecular formula is C30H45NO4. The molecule has 0 spiro atoms. The topological polar surface area (TPSA) is 57.1 Å². The second kappa shape index (κ2) is 13.7. The van der Waals surface area contributed by atoms with Crippen molar-refractivity contribution in [2.24, 2.45) is 28.3 Å². The van der Waals surface area contributed by atoms with Gasteiger partial charge in [-0.15, -0.1) is 0 Å². The van der Waals surface area contributed by atoms with Crippen molar-refractivity contribution in [1.82, 2.24) is 0 Å². The molecule has 2 rings (SSSR count). The molecule has 1 saturated carbocycles. The summed E-state index contributed by atoms with van der Waals surface area (Å²) >= 11 is 0. The van der Waals surface area contributed by atoms with Crippen molar-refractivity contribution in [2.75, 3.05) is 13.7 Å². The summed E-state index contributed by atoms with van der Waals surface area (Å²) in [5.74, 6) is 7.40. The predicted octanol–water partition coefficient (Wildman–Crippen LogP) is 6.80. The molecule has 0 aliphatic heterocycles. The van der Waals surface area contributed by atoms with E-state index in [1.54, 1.807) is 0 Å². The molecule has 1 fully saturated rings. The Labute approximate surface area is 213 Å². The van der Waals surface area contributed by atoms with E-state index in [-0.39, 0.29) is 18.3 Å². The minimum Gasteiger partial charge on any atom is -0.460 e. The second-order valence-corrected chi connectivity index (χ2v) is 11.9. The van der Waals surface area contributed by atoms with Crippen LogP contribution in [0.4, 0.5) is 0 Å². The predicted molar refractivity (Wildman–Crippen MR) is 142 cm³/mol. The molecule has 0 aromatic heterocycles. The van der Waals surface area contributed by atoms with Crippen LogP contribution < -0.4 is 0 Å². The van der Waals surface area contributed by atoms with E-state index in [4.69, 9.17) is 14.3 Å². The van der Waals surface area contributed by atoms with Crippen molar-refractivity contribution >= 4 is 11.7 Å². The van der Waals surface area contributed by atoms with Gasteiger partial charge in [0.1, 0.15) is 18.4 Å². The van der Waals surface area contributed by atoms with Crippen molar-refractivity contribution in [3.8, 4) is 11.8 Å². The van der Waals surface area contributed by atoms with E-state index in [1.807, 2.05) is 39.0 Å². The van der Waals surface area contributed by atoms with Crippen LogP contribution in [0.25, 0.3) is 0 Å². The zero-order valence-electron chi connectivity index (χ0n) is 22.9. The minimum absolute atomic E-state index is 0.164. The Hall–Kier alpha value is -2.32. The number of benzene rings is 1. The number of esters is 1. The number of hydrogen-bond donors (Lipinski definition) is 0. The van der Waals surface area contributed by atoms with Crippen LogP contribution in [0.3, 0.4) is 0 Å². The highest BCUT2D eigenvalue weighted by Gasteiger charge is 2.31. The first-order chi connectivity index (χ1) is 16.4. The first kappa shape index (κ1) is 28.9. The van der Waals surface area contributed by atoms with Gasteiger partial charge in [0.2, 0.25) is 0 Å². The maximum atomic E-state index is 12.6. The molecule has 1 aromatic rings. The lowest BCUT2D eigenvalue weighted by Crippen LogP contribution is -2.28. The fourth-order valence-corrected chi connectivity index (χ4v) is 4.48. The number of hydrogen-bond acceptors (Lipinski definition) is 5. The van der Waals surface area contributed by atoms with Crippen LogP contribution in [0.5, 0.6) is 0 Å². The average Bonchev–Trinajstić information content (AvgIpc) is 2.72. The zero-order valence-corrected chi connectivity index (χ0v) is 22.9. The van der Waals surface area contributed by atoms with Crippen LogP contribution in [0, 0.1) is 35.0 Å². The first-order valence-electron chi connectivity index (χ1n) is 12.9. The van der Waals surface area contributed by atoms with Gasteiger partial charge in [-0.25, -0.2) is 0 Å². The second-order valence-electron chi connectivity index (χ2n) is 11.9. The number of rotatable bonds is 11. The van der Waals surface area contributed by atoms with E-state index >= 15 is 0 Å². The van der Waals surface area contributed by atoms with Gasteiger partial charge in [-0.3, -0.25) is 4.79 Å². The zero-order chi connectivity index (χ0) is 25.9. The van der Waals surface area contributed by atoms with Crippen LogP contribution in [0.15, 0.2) is 35.5 Å². The molecule has 5 heteroatoms. The lowest BCUT2D eigenvalue weighted by molar-refractivity contribution is -0.155. The summed E-state index contributed by atoms with van der Waals surface area (Å²) in [6.07, 6.45) is 5.24. The molecule has 0 amide bonds. The summed E-state index contributed by atoms with van der Waals surface area (Å²) in [6.45, 7) is 13.7. The molecule has 194 valence electrons. The van der Waals surface area contributed by atoms with Gasteiger partial charge in [-0.2, -0.15) is 0 Å². The Balaban J connectivity index is 1.97. The Bertz CT molecular complexity index is 862. The molecule has 1 unspecified atom stereocenters. The summed E-state index contributed by atoms with van der Waals surface area (Å²) in [5.41, 5.74) is 1.60. The summed E-state index contributed by atoms with van der Waals surface area (Å²) in [5, 5.41) is 4.22. The first-order valence-corrected chi connectivity index (χ1v) is 12.9. The molecule has 0 heterocycles. The molecule has 1 atom stereocenters. The van der Waals surface area contributed by atoms with Crippen molar-refractivity contribution in [1.29, 1.82) is 0 Å². The molecule has 0 bridgehead atoms. The number of carbonyl (C=O) groups excluding carboxylic acids is 1. The Morgan fingerprint density at radius 3 is 2.40 bits per heavy atom. The van der Waals surface area contributed by atoms with E-state index in [2.05, 4.69) is 49.9 Å². The summed E-state index contributed by atoms with van der Waals surface area (Å²) in [7, 11) is 1.53. The average molecular weight is 484 g/mol. The fraction of sp³-hybridized carbons (Fsp3) is 0.667. The highest BCUT2D eigenvalue weighted by molar-refractivity contribution is 6.03. The van der Waals surface area contributed by atoms with E-state index in [9.17, 15) is 4.79 Å². The molecule has 0 saturated heterocycles. The smallest absolute Gasteiger partial charge is 0.307 e. The third kappa shape index (κ3) is 12.3. The lowest BCUT2D eigenvalue weighted by Gasteiger charge is -2.36. The third-order valence-electron chi connectivity index (χ3n) is 5.90. The molecule has 1 aromatic carbocycles. The van der Waals surface area contributed by atoms with E-state index in [0.717, 1.165) is 37.2 Å². The quantitative estimate of drug-likeness (QED) is 0.114. The van der Waals surface area contributed by atoms with Crippen molar-refractivity contribution < 1.29 is 19.1 Å². The summed E-state index contributed by atoms with van der Waals surface area (Å²) in [4.78, 5) is 17.8. The summed E-state index contributed by atoms with van der Waals surface area (Å²) < 4.78 is 11.4. The Morgan fingerprint density at radius 1 is 1.11 bits per heavy atom. The monoisotopic (exact) mass is 483 g/mol. The number of nitrogens with zero attached hydrogens (tertiary/aromatic N) is 1. The van der Waals surface area contributed by atoms with E-state index < -0.39 is 5.60 Å². The van der Waals surface area contributed by atoms with Gasteiger partial charge < -0.3 is 14.3 Å². The molecule has 5 nitrogen and oxygen atoms in total. The molecule has 1 aliphatic carbocycles. The Morgan fingerprint density at radius 2 is 1.80 bits per heavy atom. The number of oxime groups is 1. The van der Waals surface area contributed by atoms with Gasteiger partial charge in [-0.1, -0.05) is 62.2 Å².